The molecule has 16 heavy (non-hydrogen) atoms. The summed E-state index contributed by atoms with van der Waals surface area (Å²) in [6, 6.07) is 9.90. The molecule has 0 amide bonds. The van der Waals surface area contributed by atoms with Gasteiger partial charge in [-0.1, -0.05) is 30.3 Å². The molecule has 2 N–H and O–H groups in total. The zero-order valence-electron chi connectivity index (χ0n) is 9.00. The van der Waals surface area contributed by atoms with Crippen molar-refractivity contribution >= 4 is 5.97 Å². The highest BCUT2D eigenvalue weighted by Gasteiger charge is 2.07. The summed E-state index contributed by atoms with van der Waals surface area (Å²) in [5.74, 6) is -0.580. The van der Waals surface area contributed by atoms with Gasteiger partial charge >= 0.3 is 5.97 Å². The van der Waals surface area contributed by atoms with E-state index in [1.807, 2.05) is 30.3 Å². The summed E-state index contributed by atoms with van der Waals surface area (Å²) in [6.07, 6.45) is -0.417. The average Bonchev–Trinajstić information content (AvgIpc) is 2.25. The first-order valence-electron chi connectivity index (χ1n) is 5.24. The second-order valence-electron chi connectivity index (χ2n) is 3.49. The minimum atomic E-state index is -1.62. The van der Waals surface area contributed by atoms with Gasteiger partial charge in [-0.25, -0.2) is 0 Å². The molecule has 0 saturated carbocycles. The van der Waals surface area contributed by atoms with Crippen LogP contribution in [0.4, 0.5) is 0 Å². The Labute approximate surface area is 94.5 Å². The maximum absolute atomic E-state index is 10.9. The van der Waals surface area contributed by atoms with Crippen molar-refractivity contribution in [1.82, 2.24) is 0 Å². The van der Waals surface area contributed by atoms with Gasteiger partial charge in [0.05, 0.1) is 13.0 Å². The van der Waals surface area contributed by atoms with Gasteiger partial charge in [0.15, 0.2) is 6.29 Å². The van der Waals surface area contributed by atoms with Gasteiger partial charge < -0.3 is 14.9 Å². The Morgan fingerprint density at radius 1 is 1.25 bits per heavy atom. The minimum absolute atomic E-state index is 0.306. The number of aliphatic hydroxyl groups is 2. The summed E-state index contributed by atoms with van der Waals surface area (Å²) in [6.45, 7) is 0.306. The van der Waals surface area contributed by atoms with E-state index in [1.54, 1.807) is 0 Å². The lowest BCUT2D eigenvalue weighted by atomic mass is 10.1. The zero-order chi connectivity index (χ0) is 11.8. The van der Waals surface area contributed by atoms with E-state index in [2.05, 4.69) is 0 Å². The second-order valence-corrected chi connectivity index (χ2v) is 3.49. The lowest BCUT2D eigenvalue weighted by Crippen LogP contribution is -2.15. The molecule has 0 heterocycles. The summed E-state index contributed by atoms with van der Waals surface area (Å²) >= 11 is 0. The van der Waals surface area contributed by atoms with Crippen molar-refractivity contribution < 1.29 is 19.7 Å². The third-order valence-electron chi connectivity index (χ3n) is 2.06. The maximum atomic E-state index is 10.9. The van der Waals surface area contributed by atoms with Crippen molar-refractivity contribution in [2.75, 3.05) is 6.61 Å². The predicted molar refractivity (Wildman–Crippen MR) is 58.6 cm³/mol. The Morgan fingerprint density at radius 3 is 2.56 bits per heavy atom. The van der Waals surface area contributed by atoms with Gasteiger partial charge in [-0.2, -0.15) is 0 Å². The fourth-order valence-corrected chi connectivity index (χ4v) is 1.31. The molecule has 88 valence electrons. The highest BCUT2D eigenvalue weighted by Crippen LogP contribution is 2.02. The first-order chi connectivity index (χ1) is 7.68. The molecular weight excluding hydrogens is 208 g/mol. The molecule has 0 radical (unpaired) electrons. The number of rotatable bonds is 6. The Bertz CT molecular complexity index is 308. The van der Waals surface area contributed by atoms with Crippen LogP contribution in [-0.4, -0.2) is 29.1 Å². The quantitative estimate of drug-likeness (QED) is 0.427. The molecule has 0 atom stereocenters. The molecule has 0 aliphatic heterocycles. The number of carbonyl (C=O) groups is 1. The number of hydrogen-bond donors (Lipinski definition) is 2. The van der Waals surface area contributed by atoms with Gasteiger partial charge in [0.2, 0.25) is 0 Å². The highest BCUT2D eigenvalue weighted by atomic mass is 16.5. The van der Waals surface area contributed by atoms with Crippen LogP contribution in [0.25, 0.3) is 0 Å². The van der Waals surface area contributed by atoms with Gasteiger partial charge in [-0.15, -0.1) is 0 Å². The van der Waals surface area contributed by atoms with Crippen LogP contribution in [0.2, 0.25) is 0 Å². The molecule has 0 aliphatic carbocycles. The summed E-state index contributed by atoms with van der Waals surface area (Å²) in [5.41, 5.74) is 1.20. The van der Waals surface area contributed by atoms with E-state index in [0.717, 1.165) is 12.8 Å². The minimum Gasteiger partial charge on any atom is -0.466 e. The Balaban J connectivity index is 2.10. The molecule has 0 spiro atoms. The average molecular weight is 224 g/mol. The molecule has 0 unspecified atom stereocenters. The fraction of sp³-hybridized carbons (Fsp3) is 0.417. The van der Waals surface area contributed by atoms with E-state index in [4.69, 9.17) is 14.9 Å². The van der Waals surface area contributed by atoms with E-state index in [1.165, 1.54) is 5.56 Å². The number of carbonyl (C=O) groups excluding carboxylic acids is 1. The predicted octanol–water partition coefficient (Wildman–Crippen LogP) is 0.863. The van der Waals surface area contributed by atoms with Crippen molar-refractivity contribution in [2.45, 2.75) is 25.6 Å². The first-order valence-corrected chi connectivity index (χ1v) is 5.24. The normalized spacial score (nSPS) is 10.4. The Hall–Kier alpha value is -1.39. The van der Waals surface area contributed by atoms with Crippen LogP contribution in [0, 0.1) is 0 Å². The highest BCUT2D eigenvalue weighted by molar-refractivity contribution is 5.69. The molecular formula is C12H16O4. The largest absolute Gasteiger partial charge is 0.466 e. The van der Waals surface area contributed by atoms with Crippen LogP contribution in [-0.2, 0) is 16.0 Å². The van der Waals surface area contributed by atoms with Crippen molar-refractivity contribution in [3.63, 3.8) is 0 Å². The van der Waals surface area contributed by atoms with Crippen molar-refractivity contribution in [3.8, 4) is 0 Å². The standard InChI is InChI=1S/C12H16O4/c13-11(14)9-12(15)16-8-4-7-10-5-2-1-3-6-10/h1-3,5-6,11,13-14H,4,7-9H2. The number of ether oxygens (including phenoxy) is 1. The zero-order valence-corrected chi connectivity index (χ0v) is 9.00. The van der Waals surface area contributed by atoms with Gasteiger partial charge in [0.1, 0.15) is 0 Å². The number of aliphatic hydroxyl groups excluding tert-OH is 1. The van der Waals surface area contributed by atoms with Crippen LogP contribution < -0.4 is 0 Å². The van der Waals surface area contributed by atoms with E-state index in [9.17, 15) is 4.79 Å². The van der Waals surface area contributed by atoms with Crippen LogP contribution in [0.5, 0.6) is 0 Å². The van der Waals surface area contributed by atoms with Crippen molar-refractivity contribution in [3.05, 3.63) is 35.9 Å². The van der Waals surface area contributed by atoms with E-state index < -0.39 is 12.3 Å². The van der Waals surface area contributed by atoms with E-state index >= 15 is 0 Å². The molecule has 4 heteroatoms. The van der Waals surface area contributed by atoms with E-state index in [-0.39, 0.29) is 6.42 Å². The van der Waals surface area contributed by atoms with Crippen molar-refractivity contribution in [1.29, 1.82) is 0 Å². The lowest BCUT2D eigenvalue weighted by Gasteiger charge is -2.05. The summed E-state index contributed by atoms with van der Waals surface area (Å²) in [5, 5.41) is 17.0. The first kappa shape index (κ1) is 12.7. The molecule has 4 nitrogen and oxygen atoms in total. The summed E-state index contributed by atoms with van der Waals surface area (Å²) in [7, 11) is 0. The lowest BCUT2D eigenvalue weighted by molar-refractivity contribution is -0.152. The van der Waals surface area contributed by atoms with Crippen LogP contribution >= 0.6 is 0 Å². The van der Waals surface area contributed by atoms with Gasteiger partial charge in [-0.3, -0.25) is 4.79 Å². The van der Waals surface area contributed by atoms with Crippen molar-refractivity contribution in [2.24, 2.45) is 0 Å². The van der Waals surface area contributed by atoms with Crippen LogP contribution in [0.15, 0.2) is 30.3 Å². The molecule has 0 aliphatic rings. The van der Waals surface area contributed by atoms with E-state index in [0.29, 0.717) is 6.61 Å². The van der Waals surface area contributed by atoms with Crippen LogP contribution in [0.1, 0.15) is 18.4 Å². The molecule has 0 aromatic heterocycles. The number of benzene rings is 1. The van der Waals surface area contributed by atoms with Gasteiger partial charge in [0.25, 0.3) is 0 Å². The summed E-state index contributed by atoms with van der Waals surface area (Å²) < 4.78 is 4.82. The third-order valence-corrected chi connectivity index (χ3v) is 2.06. The maximum Gasteiger partial charge on any atom is 0.310 e. The third kappa shape index (κ3) is 5.48. The topological polar surface area (TPSA) is 66.8 Å². The fourth-order valence-electron chi connectivity index (χ4n) is 1.31. The number of aryl methyl sites for hydroxylation is 1. The second kappa shape index (κ2) is 6.98. The monoisotopic (exact) mass is 224 g/mol. The Morgan fingerprint density at radius 2 is 1.94 bits per heavy atom. The molecule has 0 bridgehead atoms. The molecule has 0 fully saturated rings. The molecule has 0 saturated heterocycles. The molecule has 1 aromatic rings. The number of hydrogen-bond acceptors (Lipinski definition) is 4. The SMILES string of the molecule is O=C(CC(O)O)OCCCc1ccccc1. The van der Waals surface area contributed by atoms with Gasteiger partial charge in [-0.05, 0) is 18.4 Å². The summed E-state index contributed by atoms with van der Waals surface area (Å²) in [4.78, 5) is 10.9. The molecule has 1 rings (SSSR count). The molecule has 1 aromatic carbocycles. The Kier molecular flexibility index (Phi) is 5.53. The smallest absolute Gasteiger partial charge is 0.310 e. The number of esters is 1. The van der Waals surface area contributed by atoms with Gasteiger partial charge in [0, 0.05) is 0 Å². The van der Waals surface area contributed by atoms with Crippen LogP contribution in [0.3, 0.4) is 0 Å².